The minimum Gasteiger partial charge on any atom is -0.493 e. The van der Waals surface area contributed by atoms with Crippen molar-refractivity contribution < 1.29 is 13.9 Å². The number of hydrogen-bond donors (Lipinski definition) is 2. The predicted octanol–water partition coefficient (Wildman–Crippen LogP) is 5.19. The molecule has 0 bridgehead atoms. The molecule has 0 saturated heterocycles. The maximum absolute atomic E-state index is 6.32. The predicted molar refractivity (Wildman–Crippen MR) is 121 cm³/mol. The fourth-order valence-corrected chi connectivity index (χ4v) is 5.11. The molecule has 0 aliphatic carbocycles. The highest BCUT2D eigenvalue weighted by atomic mass is 16.5. The number of benzene rings is 2. The van der Waals surface area contributed by atoms with E-state index in [4.69, 9.17) is 13.9 Å². The summed E-state index contributed by atoms with van der Waals surface area (Å²) in [5.41, 5.74) is 6.44. The van der Waals surface area contributed by atoms with Crippen molar-refractivity contribution in [2.45, 2.75) is 25.3 Å². The lowest BCUT2D eigenvalue weighted by Crippen LogP contribution is -2.46. The number of H-pyrrole nitrogens is 1. The quantitative estimate of drug-likeness (QED) is 0.467. The molecule has 7 heteroatoms. The zero-order valence-corrected chi connectivity index (χ0v) is 18.2. The number of aromatic amines is 1. The lowest BCUT2D eigenvalue weighted by Gasteiger charge is -2.48. The zero-order valence-electron chi connectivity index (χ0n) is 18.2. The average Bonchev–Trinajstić information content (AvgIpc) is 3.53. The molecule has 0 spiro atoms. The molecular formula is C25H24N4O3. The molecule has 2 aliphatic rings. The van der Waals surface area contributed by atoms with Crippen molar-refractivity contribution in [3.63, 3.8) is 0 Å². The minimum atomic E-state index is -0.127. The molecule has 2 N–H and O–H groups in total. The topological polar surface area (TPSA) is 85.2 Å². The van der Waals surface area contributed by atoms with E-state index in [1.54, 1.807) is 13.3 Å². The van der Waals surface area contributed by atoms with Gasteiger partial charge in [0, 0.05) is 39.9 Å². The van der Waals surface area contributed by atoms with Crippen LogP contribution in [-0.4, -0.2) is 28.9 Å². The maximum atomic E-state index is 6.32. The summed E-state index contributed by atoms with van der Waals surface area (Å²) in [6, 6.07) is 10.7. The van der Waals surface area contributed by atoms with Crippen LogP contribution in [0.4, 0.5) is 5.69 Å². The first kappa shape index (κ1) is 19.0. The van der Waals surface area contributed by atoms with E-state index in [-0.39, 0.29) is 17.4 Å². The van der Waals surface area contributed by atoms with Crippen molar-refractivity contribution in [2.75, 3.05) is 19.0 Å². The number of ether oxygens (including phenoxy) is 2. The van der Waals surface area contributed by atoms with Crippen LogP contribution in [0.25, 0.3) is 22.5 Å². The van der Waals surface area contributed by atoms with Crippen molar-refractivity contribution in [1.82, 2.24) is 15.2 Å². The van der Waals surface area contributed by atoms with Gasteiger partial charge < -0.3 is 19.2 Å². The average molecular weight is 428 g/mol. The molecule has 2 atom stereocenters. The summed E-state index contributed by atoms with van der Waals surface area (Å²) >= 11 is 0. The van der Waals surface area contributed by atoms with Gasteiger partial charge in [-0.05, 0) is 41.5 Å². The highest BCUT2D eigenvalue weighted by molar-refractivity contribution is 5.72. The molecule has 0 fully saturated rings. The molecule has 0 radical (unpaired) electrons. The molecule has 2 aromatic carbocycles. The molecule has 32 heavy (non-hydrogen) atoms. The van der Waals surface area contributed by atoms with Gasteiger partial charge >= 0.3 is 0 Å². The Labute approximate surface area is 185 Å². The van der Waals surface area contributed by atoms with Crippen molar-refractivity contribution >= 4 is 5.69 Å². The van der Waals surface area contributed by atoms with E-state index < -0.39 is 0 Å². The summed E-state index contributed by atoms with van der Waals surface area (Å²) < 4.78 is 17.6. The van der Waals surface area contributed by atoms with Crippen LogP contribution in [-0.2, 0) is 5.41 Å². The Morgan fingerprint density at radius 2 is 2.00 bits per heavy atom. The largest absolute Gasteiger partial charge is 0.493 e. The summed E-state index contributed by atoms with van der Waals surface area (Å²) in [6.45, 7) is 5.19. The molecule has 2 aromatic heterocycles. The van der Waals surface area contributed by atoms with Crippen LogP contribution in [0.15, 0.2) is 59.7 Å². The monoisotopic (exact) mass is 428 g/mol. The van der Waals surface area contributed by atoms with Gasteiger partial charge in [-0.15, -0.1) is 0 Å². The summed E-state index contributed by atoms with van der Waals surface area (Å²) in [4.78, 5) is 4.06. The Morgan fingerprint density at radius 1 is 1.09 bits per heavy atom. The molecule has 162 valence electrons. The van der Waals surface area contributed by atoms with Crippen molar-refractivity contribution in [3.05, 3.63) is 66.4 Å². The second-order valence-electron chi connectivity index (χ2n) is 8.97. The fourth-order valence-electron chi connectivity index (χ4n) is 5.11. The van der Waals surface area contributed by atoms with Gasteiger partial charge in [0.1, 0.15) is 0 Å². The maximum Gasteiger partial charge on any atom is 0.181 e. The van der Waals surface area contributed by atoms with Crippen molar-refractivity contribution in [2.24, 2.45) is 5.92 Å². The van der Waals surface area contributed by atoms with Crippen LogP contribution >= 0.6 is 0 Å². The molecule has 4 aromatic rings. The standard InChI is InChI=1S/C25H24N4O3/c1-25(2)18-7-14(22-11-26-13-32-22)4-5-20(18)29-23-17-6-15(16-9-27-28-10-16)8-21(30-3)24(17)31-12-19(23)25/h4-11,13,19,23,29H,12H2,1-3H3,(H,27,28)/t19-,23-/m1/s1. The number of rotatable bonds is 3. The number of oxazole rings is 1. The first-order valence-electron chi connectivity index (χ1n) is 10.7. The Balaban J connectivity index is 1.48. The Kier molecular flexibility index (Phi) is 4.08. The number of nitrogens with one attached hydrogen (secondary N) is 2. The van der Waals surface area contributed by atoms with Gasteiger partial charge in [0.05, 0.1) is 32.2 Å². The molecule has 4 heterocycles. The van der Waals surface area contributed by atoms with Gasteiger partial charge in [0.15, 0.2) is 23.7 Å². The molecule has 7 nitrogen and oxygen atoms in total. The van der Waals surface area contributed by atoms with Crippen LogP contribution in [0.3, 0.4) is 0 Å². The molecule has 0 amide bonds. The van der Waals surface area contributed by atoms with E-state index in [2.05, 4.69) is 58.6 Å². The highest BCUT2D eigenvalue weighted by Gasteiger charge is 2.47. The van der Waals surface area contributed by atoms with E-state index in [0.717, 1.165) is 45.2 Å². The van der Waals surface area contributed by atoms with Crippen LogP contribution in [0.2, 0.25) is 0 Å². The Bertz CT molecular complexity index is 1280. The van der Waals surface area contributed by atoms with Crippen LogP contribution in [0.5, 0.6) is 11.5 Å². The second-order valence-corrected chi connectivity index (χ2v) is 8.97. The highest BCUT2D eigenvalue weighted by Crippen LogP contribution is 2.54. The van der Waals surface area contributed by atoms with Gasteiger partial charge in [-0.3, -0.25) is 5.10 Å². The fraction of sp³-hybridized carbons (Fsp3) is 0.280. The third-order valence-electron chi connectivity index (χ3n) is 6.95. The van der Waals surface area contributed by atoms with E-state index in [1.165, 1.54) is 12.0 Å². The lowest BCUT2D eigenvalue weighted by atomic mass is 9.65. The van der Waals surface area contributed by atoms with Gasteiger partial charge in [-0.1, -0.05) is 13.8 Å². The first-order chi connectivity index (χ1) is 15.6. The third kappa shape index (κ3) is 2.74. The van der Waals surface area contributed by atoms with Crippen molar-refractivity contribution in [1.29, 1.82) is 0 Å². The summed E-state index contributed by atoms with van der Waals surface area (Å²) in [5, 5.41) is 10.8. The zero-order chi connectivity index (χ0) is 21.9. The van der Waals surface area contributed by atoms with E-state index >= 15 is 0 Å². The number of nitrogens with zero attached hydrogens (tertiary/aromatic N) is 2. The number of hydrogen-bond acceptors (Lipinski definition) is 6. The molecule has 6 rings (SSSR count). The number of anilines is 1. The van der Waals surface area contributed by atoms with Gasteiger partial charge in [0.2, 0.25) is 0 Å². The van der Waals surface area contributed by atoms with Gasteiger partial charge in [-0.2, -0.15) is 5.10 Å². The lowest BCUT2D eigenvalue weighted by molar-refractivity contribution is 0.131. The molecule has 0 saturated carbocycles. The second kappa shape index (κ2) is 6.88. The minimum absolute atomic E-state index is 0.0955. The van der Waals surface area contributed by atoms with Gasteiger partial charge in [0.25, 0.3) is 0 Å². The SMILES string of the molecule is COc1cc(-c2cn[nH]c2)cc2c1OC[C@@H]1[C@@H]2Nc2ccc(-c3cnco3)cc2C1(C)C. The third-order valence-corrected chi connectivity index (χ3v) is 6.95. The van der Waals surface area contributed by atoms with E-state index in [9.17, 15) is 0 Å². The summed E-state index contributed by atoms with van der Waals surface area (Å²) in [6.07, 6.45) is 6.92. The number of methoxy groups -OCH3 is 1. The van der Waals surface area contributed by atoms with Gasteiger partial charge in [-0.25, -0.2) is 4.98 Å². The smallest absolute Gasteiger partial charge is 0.181 e. The first-order valence-corrected chi connectivity index (χ1v) is 10.7. The normalized spacial score (nSPS) is 20.3. The number of aromatic nitrogens is 3. The molecular weight excluding hydrogens is 404 g/mol. The molecule has 2 aliphatic heterocycles. The van der Waals surface area contributed by atoms with Crippen LogP contribution in [0, 0.1) is 5.92 Å². The van der Waals surface area contributed by atoms with Crippen LogP contribution in [0.1, 0.15) is 31.0 Å². The Morgan fingerprint density at radius 3 is 2.75 bits per heavy atom. The summed E-state index contributed by atoms with van der Waals surface area (Å²) in [7, 11) is 1.68. The van der Waals surface area contributed by atoms with Crippen LogP contribution < -0.4 is 14.8 Å². The van der Waals surface area contributed by atoms with Crippen molar-refractivity contribution in [3.8, 4) is 33.9 Å². The number of fused-ring (bicyclic) bond motifs is 4. The molecule has 0 unspecified atom stereocenters. The van der Waals surface area contributed by atoms with E-state index in [1.807, 2.05) is 18.5 Å². The van der Waals surface area contributed by atoms with E-state index in [0.29, 0.717) is 6.61 Å². The Hall–Kier alpha value is -3.74. The summed E-state index contributed by atoms with van der Waals surface area (Å²) in [5.74, 6) is 2.55.